The normalized spacial score (nSPS) is 19.1. The number of anilines is 2. The molecule has 0 bridgehead atoms. The first kappa shape index (κ1) is 18.8. The average molecular weight is 362 g/mol. The van der Waals surface area contributed by atoms with E-state index in [-0.39, 0.29) is 12.5 Å². The van der Waals surface area contributed by atoms with Crippen molar-refractivity contribution in [1.82, 2.24) is 20.0 Å². The summed E-state index contributed by atoms with van der Waals surface area (Å²) in [5.74, 6) is 2.05. The monoisotopic (exact) mass is 362 g/mol. The second-order valence-electron chi connectivity index (χ2n) is 6.92. The quantitative estimate of drug-likeness (QED) is 0.766. The largest absolute Gasteiger partial charge is 0.395 e. The van der Waals surface area contributed by atoms with Crippen molar-refractivity contribution in [3.8, 4) is 0 Å². The van der Waals surface area contributed by atoms with Gasteiger partial charge in [0.05, 0.1) is 6.61 Å². The first-order valence-electron chi connectivity index (χ1n) is 9.66. The summed E-state index contributed by atoms with van der Waals surface area (Å²) in [6.45, 7) is 9.83. The van der Waals surface area contributed by atoms with Crippen molar-refractivity contribution in [3.05, 3.63) is 12.1 Å². The van der Waals surface area contributed by atoms with Gasteiger partial charge < -0.3 is 19.8 Å². The van der Waals surface area contributed by atoms with Gasteiger partial charge in [0.2, 0.25) is 5.91 Å². The molecule has 0 radical (unpaired) electrons. The van der Waals surface area contributed by atoms with Gasteiger partial charge in [-0.05, 0) is 18.6 Å². The molecule has 1 aromatic heterocycles. The number of β-amino-alcohol motifs (C(OH)–C–C–N with tert-alkyl or cyclic N) is 1. The summed E-state index contributed by atoms with van der Waals surface area (Å²) >= 11 is 0. The molecular weight excluding hydrogens is 332 g/mol. The summed E-state index contributed by atoms with van der Waals surface area (Å²) in [5, 5.41) is 17.9. The predicted molar refractivity (Wildman–Crippen MR) is 101 cm³/mol. The van der Waals surface area contributed by atoms with Gasteiger partial charge in [-0.2, -0.15) is 0 Å². The number of piperazine rings is 2. The minimum Gasteiger partial charge on any atom is -0.395 e. The van der Waals surface area contributed by atoms with Gasteiger partial charge in [0.15, 0.2) is 11.6 Å². The van der Waals surface area contributed by atoms with Gasteiger partial charge in [0.1, 0.15) is 0 Å². The van der Waals surface area contributed by atoms with E-state index in [9.17, 15) is 4.79 Å². The van der Waals surface area contributed by atoms with E-state index in [1.807, 2.05) is 24.0 Å². The SMILES string of the molecule is CCCC(=O)N1CCN(c2ccc(N3CCN(CCO)CC3)nn2)CC1. The van der Waals surface area contributed by atoms with Crippen LogP contribution in [0.5, 0.6) is 0 Å². The van der Waals surface area contributed by atoms with Crippen LogP contribution in [0.25, 0.3) is 0 Å². The van der Waals surface area contributed by atoms with E-state index < -0.39 is 0 Å². The second-order valence-corrected chi connectivity index (χ2v) is 6.92. The molecule has 8 nitrogen and oxygen atoms in total. The molecule has 2 saturated heterocycles. The zero-order valence-electron chi connectivity index (χ0n) is 15.7. The van der Waals surface area contributed by atoms with Crippen molar-refractivity contribution in [2.24, 2.45) is 0 Å². The van der Waals surface area contributed by atoms with Crippen LogP contribution in [0.4, 0.5) is 11.6 Å². The van der Waals surface area contributed by atoms with Gasteiger partial charge in [-0.15, -0.1) is 10.2 Å². The molecule has 1 aromatic rings. The van der Waals surface area contributed by atoms with E-state index in [0.717, 1.165) is 77.0 Å². The van der Waals surface area contributed by atoms with E-state index in [1.54, 1.807) is 0 Å². The molecule has 144 valence electrons. The highest BCUT2D eigenvalue weighted by atomic mass is 16.3. The smallest absolute Gasteiger partial charge is 0.222 e. The van der Waals surface area contributed by atoms with Crippen LogP contribution in [0, 0.1) is 0 Å². The summed E-state index contributed by atoms with van der Waals surface area (Å²) in [4.78, 5) is 20.6. The van der Waals surface area contributed by atoms with E-state index in [0.29, 0.717) is 6.42 Å². The van der Waals surface area contributed by atoms with Crippen LogP contribution in [0.15, 0.2) is 12.1 Å². The fraction of sp³-hybridized carbons (Fsp3) is 0.722. The summed E-state index contributed by atoms with van der Waals surface area (Å²) in [6.07, 6.45) is 1.54. The molecular formula is C18H30N6O2. The van der Waals surface area contributed by atoms with Gasteiger partial charge in [-0.25, -0.2) is 0 Å². The predicted octanol–water partition coefficient (Wildman–Crippen LogP) is 0.0396. The van der Waals surface area contributed by atoms with Crippen LogP contribution >= 0.6 is 0 Å². The van der Waals surface area contributed by atoms with Crippen LogP contribution in [0.2, 0.25) is 0 Å². The Balaban J connectivity index is 1.50. The molecule has 1 N–H and O–H groups in total. The molecule has 8 heteroatoms. The topological polar surface area (TPSA) is 76.0 Å². The third-order valence-corrected chi connectivity index (χ3v) is 5.17. The van der Waals surface area contributed by atoms with E-state index in [1.165, 1.54) is 0 Å². The molecule has 0 aliphatic carbocycles. The van der Waals surface area contributed by atoms with Crippen molar-refractivity contribution in [1.29, 1.82) is 0 Å². The Morgan fingerprint density at radius 2 is 1.50 bits per heavy atom. The summed E-state index contributed by atoms with van der Waals surface area (Å²) in [5.41, 5.74) is 0. The van der Waals surface area contributed by atoms with Crippen molar-refractivity contribution in [3.63, 3.8) is 0 Å². The Kier molecular flexibility index (Phi) is 6.62. The second kappa shape index (κ2) is 9.14. The summed E-state index contributed by atoms with van der Waals surface area (Å²) in [7, 11) is 0. The van der Waals surface area contributed by atoms with Crippen molar-refractivity contribution < 1.29 is 9.90 Å². The Labute approximate surface area is 155 Å². The van der Waals surface area contributed by atoms with Crippen LogP contribution in [-0.4, -0.2) is 96.5 Å². The van der Waals surface area contributed by atoms with Gasteiger partial charge in [0, 0.05) is 65.3 Å². The molecule has 3 rings (SSSR count). The number of carbonyl (C=O) groups excluding carboxylic acids is 1. The van der Waals surface area contributed by atoms with Crippen LogP contribution in [0.1, 0.15) is 19.8 Å². The van der Waals surface area contributed by atoms with Crippen molar-refractivity contribution in [2.45, 2.75) is 19.8 Å². The van der Waals surface area contributed by atoms with Crippen LogP contribution in [0.3, 0.4) is 0 Å². The van der Waals surface area contributed by atoms with Crippen molar-refractivity contribution in [2.75, 3.05) is 75.3 Å². The number of aliphatic hydroxyl groups excluding tert-OH is 1. The molecule has 1 amide bonds. The highest BCUT2D eigenvalue weighted by molar-refractivity contribution is 5.76. The third-order valence-electron chi connectivity index (χ3n) is 5.17. The van der Waals surface area contributed by atoms with Gasteiger partial charge >= 0.3 is 0 Å². The molecule has 2 aliphatic heterocycles. The molecule has 2 aliphatic rings. The van der Waals surface area contributed by atoms with Crippen molar-refractivity contribution >= 4 is 17.5 Å². The lowest BCUT2D eigenvalue weighted by atomic mass is 10.2. The molecule has 0 atom stereocenters. The first-order valence-corrected chi connectivity index (χ1v) is 9.66. The number of hydrogen-bond donors (Lipinski definition) is 1. The maximum Gasteiger partial charge on any atom is 0.222 e. The summed E-state index contributed by atoms with van der Waals surface area (Å²) < 4.78 is 0. The number of aromatic nitrogens is 2. The standard InChI is InChI=1S/C18H30N6O2/c1-2-3-18(26)24-12-10-23(11-13-24)17-5-4-16(19-20-17)22-8-6-21(7-9-22)14-15-25/h4-5,25H,2-3,6-15H2,1H3. The molecule has 26 heavy (non-hydrogen) atoms. The minimum atomic E-state index is 0.214. The maximum atomic E-state index is 12.0. The Morgan fingerprint density at radius 3 is 1.96 bits per heavy atom. The molecule has 3 heterocycles. The van der Waals surface area contributed by atoms with E-state index in [4.69, 9.17) is 5.11 Å². The Hall–Kier alpha value is -1.93. The number of aliphatic hydroxyl groups is 1. The lowest BCUT2D eigenvalue weighted by Gasteiger charge is -2.36. The van der Waals surface area contributed by atoms with E-state index >= 15 is 0 Å². The highest BCUT2D eigenvalue weighted by Gasteiger charge is 2.22. The maximum absolute atomic E-state index is 12.0. The van der Waals surface area contributed by atoms with Crippen LogP contribution in [-0.2, 0) is 4.79 Å². The number of nitrogens with zero attached hydrogens (tertiary/aromatic N) is 6. The fourth-order valence-corrected chi connectivity index (χ4v) is 3.55. The van der Waals surface area contributed by atoms with E-state index in [2.05, 4.69) is 24.9 Å². The minimum absolute atomic E-state index is 0.214. The zero-order valence-corrected chi connectivity index (χ0v) is 15.7. The number of rotatable bonds is 6. The molecule has 0 saturated carbocycles. The molecule has 0 unspecified atom stereocenters. The number of amides is 1. The lowest BCUT2D eigenvalue weighted by Crippen LogP contribution is -2.49. The molecule has 2 fully saturated rings. The average Bonchev–Trinajstić information content (AvgIpc) is 2.69. The molecule has 0 aromatic carbocycles. The Morgan fingerprint density at radius 1 is 0.962 bits per heavy atom. The Bertz CT molecular complexity index is 566. The third kappa shape index (κ3) is 4.62. The number of carbonyl (C=O) groups is 1. The summed E-state index contributed by atoms with van der Waals surface area (Å²) in [6, 6.07) is 4.07. The molecule has 0 spiro atoms. The zero-order chi connectivity index (χ0) is 18.4. The van der Waals surface area contributed by atoms with Crippen LogP contribution < -0.4 is 9.80 Å². The lowest BCUT2D eigenvalue weighted by molar-refractivity contribution is -0.131. The van der Waals surface area contributed by atoms with Gasteiger partial charge in [-0.1, -0.05) is 6.92 Å². The first-order chi connectivity index (χ1) is 12.7. The fourth-order valence-electron chi connectivity index (χ4n) is 3.55. The number of hydrogen-bond acceptors (Lipinski definition) is 7. The van der Waals surface area contributed by atoms with Gasteiger partial charge in [-0.3, -0.25) is 9.69 Å². The highest BCUT2D eigenvalue weighted by Crippen LogP contribution is 2.18. The van der Waals surface area contributed by atoms with Gasteiger partial charge in [0.25, 0.3) is 0 Å².